The van der Waals surface area contributed by atoms with Gasteiger partial charge in [0.15, 0.2) is 0 Å². The summed E-state index contributed by atoms with van der Waals surface area (Å²) >= 11 is 0. The molecule has 1 aromatic heterocycles. The van der Waals surface area contributed by atoms with Crippen molar-refractivity contribution in [3.63, 3.8) is 0 Å². The summed E-state index contributed by atoms with van der Waals surface area (Å²) < 4.78 is 5.18. The van der Waals surface area contributed by atoms with Crippen molar-refractivity contribution in [3.8, 4) is 5.75 Å². The van der Waals surface area contributed by atoms with Crippen molar-refractivity contribution >= 4 is 0 Å². The lowest BCUT2D eigenvalue weighted by Gasteiger charge is -2.13. The van der Waals surface area contributed by atoms with Gasteiger partial charge in [0.1, 0.15) is 5.75 Å². The summed E-state index contributed by atoms with van der Waals surface area (Å²) in [5, 5.41) is 0. The molecule has 2 rings (SSSR count). The van der Waals surface area contributed by atoms with Crippen molar-refractivity contribution < 1.29 is 4.74 Å². The largest absolute Gasteiger partial charge is 0.497 e. The molecule has 0 spiro atoms. The van der Waals surface area contributed by atoms with E-state index >= 15 is 0 Å². The van der Waals surface area contributed by atoms with Crippen LogP contribution in [0.3, 0.4) is 0 Å². The molecule has 1 aromatic carbocycles. The van der Waals surface area contributed by atoms with Crippen molar-refractivity contribution in [2.75, 3.05) is 27.2 Å². The zero-order valence-corrected chi connectivity index (χ0v) is 13.9. The van der Waals surface area contributed by atoms with Crippen LogP contribution in [0.4, 0.5) is 0 Å². The van der Waals surface area contributed by atoms with Crippen LogP contribution in [-0.2, 0) is 19.3 Å². The fourth-order valence-corrected chi connectivity index (χ4v) is 2.29. The van der Waals surface area contributed by atoms with Gasteiger partial charge in [0.2, 0.25) is 0 Å². The van der Waals surface area contributed by atoms with Gasteiger partial charge in [0.05, 0.1) is 7.11 Å². The Kier molecular flexibility index (Phi) is 6.41. The van der Waals surface area contributed by atoms with Crippen LogP contribution in [0.25, 0.3) is 0 Å². The number of benzene rings is 1. The predicted molar refractivity (Wildman–Crippen MR) is 91.5 cm³/mol. The Morgan fingerprint density at radius 3 is 2.27 bits per heavy atom. The van der Waals surface area contributed by atoms with Gasteiger partial charge < -0.3 is 9.64 Å². The van der Waals surface area contributed by atoms with Gasteiger partial charge in [0.25, 0.3) is 0 Å². The highest BCUT2D eigenvalue weighted by Crippen LogP contribution is 2.13. The topological polar surface area (TPSA) is 25.4 Å². The van der Waals surface area contributed by atoms with E-state index in [-0.39, 0.29) is 0 Å². The maximum absolute atomic E-state index is 5.18. The highest BCUT2D eigenvalue weighted by atomic mass is 16.5. The quantitative estimate of drug-likeness (QED) is 0.747. The van der Waals surface area contributed by atoms with E-state index in [2.05, 4.69) is 48.1 Å². The SMILES string of the molecule is CCN(C)CCc1ccc(CCc2ccc(OC)cc2)nc1. The molecule has 0 aliphatic rings. The molecule has 2 aromatic rings. The first-order valence-corrected chi connectivity index (χ1v) is 7.96. The van der Waals surface area contributed by atoms with Gasteiger partial charge in [-0.25, -0.2) is 0 Å². The third-order valence-corrected chi connectivity index (χ3v) is 4.04. The molecule has 0 atom stereocenters. The first kappa shape index (κ1) is 16.5. The number of likely N-dealkylation sites (N-methyl/N-ethyl adjacent to an activating group) is 1. The van der Waals surface area contributed by atoms with Gasteiger partial charge in [-0.3, -0.25) is 4.98 Å². The second kappa shape index (κ2) is 8.54. The second-order valence-corrected chi connectivity index (χ2v) is 5.65. The van der Waals surface area contributed by atoms with E-state index in [1.54, 1.807) is 7.11 Å². The molecule has 0 saturated carbocycles. The van der Waals surface area contributed by atoms with Gasteiger partial charge in [0, 0.05) is 18.4 Å². The average Bonchev–Trinajstić information content (AvgIpc) is 2.59. The van der Waals surface area contributed by atoms with Gasteiger partial charge >= 0.3 is 0 Å². The van der Waals surface area contributed by atoms with Crippen molar-refractivity contribution in [3.05, 3.63) is 59.4 Å². The van der Waals surface area contributed by atoms with E-state index in [4.69, 9.17) is 4.74 Å². The van der Waals surface area contributed by atoms with Gasteiger partial charge in [-0.15, -0.1) is 0 Å². The zero-order valence-electron chi connectivity index (χ0n) is 13.9. The number of rotatable bonds is 8. The van der Waals surface area contributed by atoms with Gasteiger partial charge in [-0.1, -0.05) is 25.1 Å². The molecule has 0 radical (unpaired) electrons. The van der Waals surface area contributed by atoms with Crippen molar-refractivity contribution in [2.24, 2.45) is 0 Å². The van der Waals surface area contributed by atoms with Crippen molar-refractivity contribution in [1.82, 2.24) is 9.88 Å². The molecule has 118 valence electrons. The molecule has 0 N–H and O–H groups in total. The predicted octanol–water partition coefficient (Wildman–Crippen LogP) is 3.37. The van der Waals surface area contributed by atoms with Crippen LogP contribution in [0.1, 0.15) is 23.7 Å². The molecular weight excluding hydrogens is 272 g/mol. The summed E-state index contributed by atoms with van der Waals surface area (Å²) in [4.78, 5) is 6.91. The Hall–Kier alpha value is -1.87. The maximum Gasteiger partial charge on any atom is 0.118 e. The Morgan fingerprint density at radius 2 is 1.68 bits per heavy atom. The molecule has 22 heavy (non-hydrogen) atoms. The molecule has 1 heterocycles. The molecule has 3 nitrogen and oxygen atoms in total. The lowest BCUT2D eigenvalue weighted by Crippen LogP contribution is -2.20. The minimum atomic E-state index is 0.906. The summed E-state index contributed by atoms with van der Waals surface area (Å²) in [5.74, 6) is 0.906. The lowest BCUT2D eigenvalue weighted by molar-refractivity contribution is 0.357. The summed E-state index contributed by atoms with van der Waals surface area (Å²) in [5.41, 5.74) is 3.79. The number of hydrogen-bond acceptors (Lipinski definition) is 3. The van der Waals surface area contributed by atoms with Crippen molar-refractivity contribution in [1.29, 1.82) is 0 Å². The highest BCUT2D eigenvalue weighted by molar-refractivity contribution is 5.27. The smallest absolute Gasteiger partial charge is 0.118 e. The number of aryl methyl sites for hydroxylation is 2. The normalized spacial score (nSPS) is 10.9. The molecule has 0 aliphatic carbocycles. The Labute approximate surface area is 134 Å². The minimum Gasteiger partial charge on any atom is -0.497 e. The first-order valence-electron chi connectivity index (χ1n) is 7.96. The summed E-state index contributed by atoms with van der Waals surface area (Å²) in [7, 11) is 3.84. The molecule has 0 saturated heterocycles. The van der Waals surface area contributed by atoms with Crippen LogP contribution in [0, 0.1) is 0 Å². The summed E-state index contributed by atoms with van der Waals surface area (Å²) in [6, 6.07) is 12.6. The molecule has 0 bridgehead atoms. The second-order valence-electron chi connectivity index (χ2n) is 5.65. The van der Waals surface area contributed by atoms with Crippen LogP contribution in [0.2, 0.25) is 0 Å². The Bertz CT molecular complexity index is 549. The van der Waals surface area contributed by atoms with E-state index in [1.165, 1.54) is 11.1 Å². The van der Waals surface area contributed by atoms with Crippen LogP contribution < -0.4 is 4.74 Å². The minimum absolute atomic E-state index is 0.906. The zero-order chi connectivity index (χ0) is 15.8. The summed E-state index contributed by atoms with van der Waals surface area (Å²) in [6.07, 6.45) is 5.07. The van der Waals surface area contributed by atoms with E-state index in [9.17, 15) is 0 Å². The number of nitrogens with zero attached hydrogens (tertiary/aromatic N) is 2. The van der Waals surface area contributed by atoms with Crippen LogP contribution in [-0.4, -0.2) is 37.1 Å². The van der Waals surface area contributed by atoms with Gasteiger partial charge in [-0.05, 0) is 62.2 Å². The monoisotopic (exact) mass is 298 g/mol. The average molecular weight is 298 g/mol. The fraction of sp³-hybridized carbons (Fsp3) is 0.421. The van der Waals surface area contributed by atoms with Crippen LogP contribution in [0.15, 0.2) is 42.6 Å². The van der Waals surface area contributed by atoms with Crippen LogP contribution >= 0.6 is 0 Å². The maximum atomic E-state index is 5.18. The molecule has 0 fully saturated rings. The molecule has 3 heteroatoms. The Balaban J connectivity index is 1.82. The Morgan fingerprint density at radius 1 is 0.955 bits per heavy atom. The number of ether oxygens (including phenoxy) is 1. The highest BCUT2D eigenvalue weighted by Gasteiger charge is 2.01. The summed E-state index contributed by atoms with van der Waals surface area (Å²) in [6.45, 7) is 4.36. The fourth-order valence-electron chi connectivity index (χ4n) is 2.29. The van der Waals surface area contributed by atoms with E-state index in [1.807, 2.05) is 18.3 Å². The molecule has 0 amide bonds. The van der Waals surface area contributed by atoms with E-state index < -0.39 is 0 Å². The third-order valence-electron chi connectivity index (χ3n) is 4.04. The molecular formula is C19H26N2O. The van der Waals surface area contributed by atoms with E-state index in [0.29, 0.717) is 0 Å². The third kappa shape index (κ3) is 5.15. The number of methoxy groups -OCH3 is 1. The number of hydrogen-bond donors (Lipinski definition) is 0. The standard InChI is InChI=1S/C19H26N2O/c1-4-21(2)14-13-17-6-10-18(20-15-17)9-5-16-7-11-19(22-3)12-8-16/h6-8,10-12,15H,4-5,9,13-14H2,1-3H3. The van der Waals surface area contributed by atoms with Crippen molar-refractivity contribution in [2.45, 2.75) is 26.2 Å². The van der Waals surface area contributed by atoms with E-state index in [0.717, 1.165) is 43.8 Å². The number of pyridine rings is 1. The first-order chi connectivity index (χ1) is 10.7. The molecule has 0 unspecified atom stereocenters. The number of aromatic nitrogens is 1. The molecule has 0 aliphatic heterocycles. The lowest BCUT2D eigenvalue weighted by atomic mass is 10.1. The van der Waals surface area contributed by atoms with Gasteiger partial charge in [-0.2, -0.15) is 0 Å². The van der Waals surface area contributed by atoms with Crippen LogP contribution in [0.5, 0.6) is 5.75 Å².